The lowest BCUT2D eigenvalue weighted by Gasteiger charge is -2.13. The number of halogens is 1. The lowest BCUT2D eigenvalue weighted by molar-refractivity contribution is -0.118. The quantitative estimate of drug-likeness (QED) is 0.777. The number of anilines is 1. The third-order valence-corrected chi connectivity index (χ3v) is 4.98. The van der Waals surface area contributed by atoms with Crippen molar-refractivity contribution in [2.24, 2.45) is 0 Å². The summed E-state index contributed by atoms with van der Waals surface area (Å²) in [5, 5.41) is 2.33. The van der Waals surface area contributed by atoms with E-state index < -0.39 is 21.6 Å². The van der Waals surface area contributed by atoms with Crippen LogP contribution >= 0.6 is 0 Å². The summed E-state index contributed by atoms with van der Waals surface area (Å²) in [6.45, 7) is 5.84. The van der Waals surface area contributed by atoms with E-state index >= 15 is 0 Å². The Bertz CT molecular complexity index is 923. The Morgan fingerprint density at radius 3 is 2.46 bits per heavy atom. The predicted octanol–water partition coefficient (Wildman–Crippen LogP) is 3.68. The fourth-order valence-electron chi connectivity index (χ4n) is 2.55. The van der Waals surface area contributed by atoms with Gasteiger partial charge in [-0.2, -0.15) is 0 Å². The molecule has 0 aliphatic heterocycles. The number of hydrogen-bond donors (Lipinski definition) is 1. The van der Waals surface area contributed by atoms with Crippen LogP contribution in [0.5, 0.6) is 5.75 Å². The van der Waals surface area contributed by atoms with Crippen LogP contribution in [0, 0.1) is 12.7 Å². The van der Waals surface area contributed by atoms with Crippen LogP contribution < -0.4 is 10.1 Å². The van der Waals surface area contributed by atoms with Crippen molar-refractivity contribution in [1.82, 2.24) is 0 Å². The van der Waals surface area contributed by atoms with Gasteiger partial charge in [0.2, 0.25) is 0 Å². The SMILES string of the molecule is Cc1cc(OCC(=O)Nc2cc(S(C)(=O)=O)ccc2F)ccc1C(C)C. The van der Waals surface area contributed by atoms with E-state index in [9.17, 15) is 17.6 Å². The van der Waals surface area contributed by atoms with Crippen LogP contribution in [0.4, 0.5) is 10.1 Å². The first-order valence-corrected chi connectivity index (χ1v) is 10.00. The monoisotopic (exact) mass is 379 g/mol. The largest absolute Gasteiger partial charge is 0.484 e. The molecule has 2 aromatic rings. The van der Waals surface area contributed by atoms with Gasteiger partial charge in [-0.1, -0.05) is 19.9 Å². The third kappa shape index (κ3) is 5.05. The van der Waals surface area contributed by atoms with Crippen LogP contribution in [0.3, 0.4) is 0 Å². The van der Waals surface area contributed by atoms with Crippen molar-refractivity contribution in [3.05, 3.63) is 53.3 Å². The zero-order chi connectivity index (χ0) is 19.5. The Balaban J connectivity index is 2.05. The number of sulfone groups is 1. The summed E-state index contributed by atoms with van der Waals surface area (Å²) in [5.41, 5.74) is 2.05. The molecule has 26 heavy (non-hydrogen) atoms. The van der Waals surface area contributed by atoms with Gasteiger partial charge in [0.05, 0.1) is 10.6 Å². The highest BCUT2D eigenvalue weighted by atomic mass is 32.2. The van der Waals surface area contributed by atoms with Crippen LogP contribution in [0.25, 0.3) is 0 Å². The van der Waals surface area contributed by atoms with Gasteiger partial charge in [0.25, 0.3) is 5.91 Å². The van der Waals surface area contributed by atoms with E-state index in [1.54, 1.807) is 6.07 Å². The van der Waals surface area contributed by atoms with Crippen LogP contribution in [0.2, 0.25) is 0 Å². The molecule has 0 aliphatic carbocycles. The Labute approximate surface area is 153 Å². The van der Waals surface area contributed by atoms with E-state index in [-0.39, 0.29) is 17.2 Å². The van der Waals surface area contributed by atoms with Crippen molar-refractivity contribution < 1.29 is 22.3 Å². The molecule has 0 atom stereocenters. The molecule has 0 saturated carbocycles. The molecule has 1 amide bonds. The topological polar surface area (TPSA) is 72.5 Å². The van der Waals surface area contributed by atoms with E-state index in [1.165, 1.54) is 5.56 Å². The number of hydrogen-bond acceptors (Lipinski definition) is 4. The maximum absolute atomic E-state index is 13.8. The molecule has 0 bridgehead atoms. The molecule has 2 rings (SSSR count). The summed E-state index contributed by atoms with van der Waals surface area (Å²) in [5.74, 6) is -0.382. The van der Waals surface area contributed by atoms with Gasteiger partial charge < -0.3 is 10.1 Å². The van der Waals surface area contributed by atoms with E-state index in [1.807, 2.05) is 19.1 Å². The Hall–Kier alpha value is -2.41. The number of nitrogens with one attached hydrogen (secondary N) is 1. The molecule has 140 valence electrons. The number of aryl methyl sites for hydroxylation is 1. The fourth-order valence-corrected chi connectivity index (χ4v) is 3.20. The van der Waals surface area contributed by atoms with Crippen molar-refractivity contribution >= 4 is 21.4 Å². The highest BCUT2D eigenvalue weighted by Gasteiger charge is 2.14. The molecule has 2 aromatic carbocycles. The summed E-state index contributed by atoms with van der Waals surface area (Å²) in [7, 11) is -3.50. The van der Waals surface area contributed by atoms with Crippen LogP contribution in [-0.4, -0.2) is 27.2 Å². The summed E-state index contributed by atoms with van der Waals surface area (Å²) < 4.78 is 42.3. The fraction of sp³-hybridized carbons (Fsp3) is 0.316. The molecule has 0 saturated heterocycles. The zero-order valence-corrected chi connectivity index (χ0v) is 16.0. The van der Waals surface area contributed by atoms with Gasteiger partial charge in [-0.3, -0.25) is 4.79 Å². The van der Waals surface area contributed by atoms with E-state index in [0.717, 1.165) is 30.0 Å². The van der Waals surface area contributed by atoms with Gasteiger partial charge in [0.1, 0.15) is 11.6 Å². The van der Waals surface area contributed by atoms with Gasteiger partial charge in [-0.15, -0.1) is 0 Å². The molecule has 1 N–H and O–H groups in total. The molecular formula is C19H22FNO4S. The highest BCUT2D eigenvalue weighted by Crippen LogP contribution is 2.24. The van der Waals surface area contributed by atoms with Crippen LogP contribution in [-0.2, 0) is 14.6 Å². The smallest absolute Gasteiger partial charge is 0.262 e. The zero-order valence-electron chi connectivity index (χ0n) is 15.2. The lowest BCUT2D eigenvalue weighted by atomic mass is 9.98. The molecule has 0 fully saturated rings. The minimum absolute atomic E-state index is 0.0741. The van der Waals surface area contributed by atoms with Gasteiger partial charge in [0, 0.05) is 6.26 Å². The number of ether oxygens (including phenoxy) is 1. The first kappa shape index (κ1) is 19.9. The number of rotatable bonds is 6. The second-order valence-electron chi connectivity index (χ2n) is 6.42. The van der Waals surface area contributed by atoms with Gasteiger partial charge in [-0.05, 0) is 54.3 Å². The summed E-state index contributed by atoms with van der Waals surface area (Å²) in [6.07, 6.45) is 1.01. The predicted molar refractivity (Wildman–Crippen MR) is 98.9 cm³/mol. The number of amides is 1. The molecule has 0 aromatic heterocycles. The summed E-state index contributed by atoms with van der Waals surface area (Å²) in [6, 6.07) is 8.80. The molecule has 0 heterocycles. The molecule has 5 nitrogen and oxygen atoms in total. The van der Waals surface area contributed by atoms with Gasteiger partial charge in [-0.25, -0.2) is 12.8 Å². The third-order valence-electron chi connectivity index (χ3n) is 3.87. The number of carbonyl (C=O) groups is 1. The average Bonchev–Trinajstić information content (AvgIpc) is 2.53. The van der Waals surface area contributed by atoms with Crippen molar-refractivity contribution in [3.8, 4) is 5.75 Å². The minimum Gasteiger partial charge on any atom is -0.484 e. The van der Waals surface area contributed by atoms with Crippen molar-refractivity contribution in [2.75, 3.05) is 18.2 Å². The number of benzene rings is 2. The minimum atomic E-state index is -3.50. The Morgan fingerprint density at radius 2 is 1.88 bits per heavy atom. The van der Waals surface area contributed by atoms with Crippen LogP contribution in [0.1, 0.15) is 30.9 Å². The Morgan fingerprint density at radius 1 is 1.19 bits per heavy atom. The number of carbonyl (C=O) groups excluding carboxylic acids is 1. The van der Waals surface area contributed by atoms with E-state index in [2.05, 4.69) is 19.2 Å². The second-order valence-corrected chi connectivity index (χ2v) is 8.44. The van der Waals surface area contributed by atoms with Crippen LogP contribution in [0.15, 0.2) is 41.3 Å². The normalized spacial score (nSPS) is 11.5. The molecular weight excluding hydrogens is 357 g/mol. The molecule has 7 heteroatoms. The highest BCUT2D eigenvalue weighted by molar-refractivity contribution is 7.90. The van der Waals surface area contributed by atoms with Gasteiger partial charge >= 0.3 is 0 Å². The van der Waals surface area contributed by atoms with E-state index in [0.29, 0.717) is 11.7 Å². The Kier molecular flexibility index (Phi) is 6.02. The molecule has 0 unspecified atom stereocenters. The summed E-state index contributed by atoms with van der Waals surface area (Å²) in [4.78, 5) is 11.9. The summed E-state index contributed by atoms with van der Waals surface area (Å²) >= 11 is 0. The van der Waals surface area contributed by atoms with Crippen molar-refractivity contribution in [3.63, 3.8) is 0 Å². The maximum atomic E-state index is 13.8. The maximum Gasteiger partial charge on any atom is 0.262 e. The lowest BCUT2D eigenvalue weighted by Crippen LogP contribution is -2.21. The van der Waals surface area contributed by atoms with Crippen molar-refractivity contribution in [2.45, 2.75) is 31.6 Å². The standard InChI is InChI=1S/C19H22FNO4S/c1-12(2)16-7-5-14(9-13(16)3)25-11-19(22)21-18-10-15(26(4,23)24)6-8-17(18)20/h5-10,12H,11H2,1-4H3,(H,21,22). The average molecular weight is 379 g/mol. The first-order chi connectivity index (χ1) is 12.1. The van der Waals surface area contributed by atoms with E-state index in [4.69, 9.17) is 4.74 Å². The van der Waals surface area contributed by atoms with Gasteiger partial charge in [0.15, 0.2) is 16.4 Å². The molecule has 0 aliphatic rings. The first-order valence-electron chi connectivity index (χ1n) is 8.10. The second kappa shape index (κ2) is 7.86. The molecule has 0 spiro atoms. The van der Waals surface area contributed by atoms with Crippen molar-refractivity contribution in [1.29, 1.82) is 0 Å². The molecule has 0 radical (unpaired) electrons.